The van der Waals surface area contributed by atoms with Gasteiger partial charge in [-0.05, 0) is 54.7 Å². The van der Waals surface area contributed by atoms with E-state index in [-0.39, 0.29) is 0 Å². The van der Waals surface area contributed by atoms with Crippen molar-refractivity contribution in [3.05, 3.63) is 35.4 Å². The maximum absolute atomic E-state index is 3.84. The van der Waals surface area contributed by atoms with E-state index in [1.807, 2.05) is 0 Å². The molecule has 2 atom stereocenters. The Kier molecular flexibility index (Phi) is 3.19. The van der Waals surface area contributed by atoms with E-state index in [1.54, 1.807) is 11.1 Å². The molecule has 2 aliphatic rings. The average Bonchev–Trinajstić information content (AvgIpc) is 3.02. The Morgan fingerprint density at radius 1 is 1.22 bits per heavy atom. The molecule has 1 aromatic carbocycles. The molecule has 0 aromatic heterocycles. The molecule has 0 bridgehead atoms. The molecule has 0 saturated heterocycles. The van der Waals surface area contributed by atoms with Crippen LogP contribution in [0.3, 0.4) is 0 Å². The van der Waals surface area contributed by atoms with Crippen molar-refractivity contribution in [3.63, 3.8) is 0 Å². The van der Waals surface area contributed by atoms with E-state index in [4.69, 9.17) is 0 Å². The molecular weight excluding hydrogens is 218 g/mol. The first kappa shape index (κ1) is 12.2. The van der Waals surface area contributed by atoms with E-state index in [2.05, 4.69) is 43.4 Å². The predicted octanol–water partition coefficient (Wildman–Crippen LogP) is 4.09. The highest BCUT2D eigenvalue weighted by Crippen LogP contribution is 2.51. The van der Waals surface area contributed by atoms with Crippen molar-refractivity contribution in [1.29, 1.82) is 0 Å². The highest BCUT2D eigenvalue weighted by Gasteiger charge is 2.45. The molecule has 0 amide bonds. The van der Waals surface area contributed by atoms with Crippen LogP contribution in [0.15, 0.2) is 24.3 Å². The summed E-state index contributed by atoms with van der Waals surface area (Å²) in [5.41, 5.74) is 3.73. The minimum Gasteiger partial charge on any atom is -0.310 e. The van der Waals surface area contributed by atoms with E-state index in [9.17, 15) is 0 Å². The minimum absolute atomic E-state index is 0.594. The average molecular weight is 243 g/mol. The first-order valence-corrected chi connectivity index (χ1v) is 7.48. The summed E-state index contributed by atoms with van der Waals surface area (Å²) < 4.78 is 0. The molecule has 0 radical (unpaired) electrons. The number of hydrogen-bond donors (Lipinski definition) is 1. The second-order valence-electron chi connectivity index (χ2n) is 6.80. The molecule has 1 N–H and O–H groups in total. The van der Waals surface area contributed by atoms with Crippen LogP contribution in [0.2, 0.25) is 0 Å². The van der Waals surface area contributed by atoms with Crippen LogP contribution in [0.4, 0.5) is 0 Å². The van der Waals surface area contributed by atoms with Gasteiger partial charge in [-0.15, -0.1) is 0 Å². The fourth-order valence-corrected chi connectivity index (χ4v) is 3.34. The van der Waals surface area contributed by atoms with E-state index in [0.29, 0.717) is 11.5 Å². The van der Waals surface area contributed by atoms with Crippen molar-refractivity contribution in [2.45, 2.75) is 52.0 Å². The summed E-state index contributed by atoms with van der Waals surface area (Å²) >= 11 is 0. The number of benzene rings is 1. The summed E-state index contributed by atoms with van der Waals surface area (Å²) in [7, 11) is 0. The highest BCUT2D eigenvalue weighted by molar-refractivity contribution is 5.31. The van der Waals surface area contributed by atoms with Crippen molar-refractivity contribution < 1.29 is 0 Å². The maximum Gasteiger partial charge on any atom is 0.0323 e. The molecule has 2 aliphatic carbocycles. The lowest BCUT2D eigenvalue weighted by atomic mass is 9.99. The molecule has 0 spiro atoms. The topological polar surface area (TPSA) is 12.0 Å². The zero-order chi connectivity index (χ0) is 12.6. The number of aryl methyl sites for hydroxylation is 1. The molecule has 3 rings (SSSR count). The van der Waals surface area contributed by atoms with Gasteiger partial charge >= 0.3 is 0 Å². The standard InChI is InChI=1S/C17H25N/c1-17(2)11-14(17)12-18-16-10-6-4-8-13-7-3-5-9-15(13)16/h3,5,7,9,14,16,18H,4,6,8,10-12H2,1-2H3. The van der Waals surface area contributed by atoms with Gasteiger partial charge in [0.25, 0.3) is 0 Å². The Morgan fingerprint density at radius 3 is 2.78 bits per heavy atom. The molecule has 1 aromatic rings. The molecule has 98 valence electrons. The number of nitrogens with one attached hydrogen (secondary N) is 1. The van der Waals surface area contributed by atoms with Crippen molar-refractivity contribution in [2.24, 2.45) is 11.3 Å². The quantitative estimate of drug-likeness (QED) is 0.788. The molecular formula is C17H25N. The normalized spacial score (nSPS) is 29.4. The van der Waals surface area contributed by atoms with E-state index >= 15 is 0 Å². The van der Waals surface area contributed by atoms with Gasteiger partial charge < -0.3 is 5.32 Å². The van der Waals surface area contributed by atoms with Crippen molar-refractivity contribution >= 4 is 0 Å². The largest absolute Gasteiger partial charge is 0.310 e. The minimum atomic E-state index is 0.594. The predicted molar refractivity (Wildman–Crippen MR) is 76.6 cm³/mol. The summed E-state index contributed by atoms with van der Waals surface area (Å²) in [4.78, 5) is 0. The van der Waals surface area contributed by atoms with Gasteiger partial charge in [0, 0.05) is 6.04 Å². The van der Waals surface area contributed by atoms with Gasteiger partial charge in [0.05, 0.1) is 0 Å². The third-order valence-electron chi connectivity index (χ3n) is 4.95. The van der Waals surface area contributed by atoms with Crippen LogP contribution in [0.25, 0.3) is 0 Å². The van der Waals surface area contributed by atoms with Crippen molar-refractivity contribution in [3.8, 4) is 0 Å². The first-order valence-electron chi connectivity index (χ1n) is 7.48. The Morgan fingerprint density at radius 2 is 2.00 bits per heavy atom. The summed E-state index contributed by atoms with van der Waals surface area (Å²) in [5.74, 6) is 0.896. The van der Waals surface area contributed by atoms with Crippen molar-refractivity contribution in [1.82, 2.24) is 5.32 Å². The summed E-state index contributed by atoms with van der Waals surface area (Å²) in [6.45, 7) is 5.98. The third-order valence-corrected chi connectivity index (χ3v) is 4.95. The Balaban J connectivity index is 1.68. The van der Waals surface area contributed by atoms with Crippen molar-refractivity contribution in [2.75, 3.05) is 6.54 Å². The van der Waals surface area contributed by atoms with Crippen LogP contribution in [-0.2, 0) is 6.42 Å². The molecule has 18 heavy (non-hydrogen) atoms. The van der Waals surface area contributed by atoms with Crippen LogP contribution < -0.4 is 5.32 Å². The highest BCUT2D eigenvalue weighted by atomic mass is 14.9. The number of hydrogen-bond acceptors (Lipinski definition) is 1. The monoisotopic (exact) mass is 243 g/mol. The molecule has 2 unspecified atom stereocenters. The zero-order valence-electron chi connectivity index (χ0n) is 11.7. The summed E-state index contributed by atoms with van der Waals surface area (Å²) in [6.07, 6.45) is 6.69. The zero-order valence-corrected chi connectivity index (χ0v) is 11.7. The van der Waals surface area contributed by atoms with E-state index in [0.717, 1.165) is 5.92 Å². The van der Waals surface area contributed by atoms with Gasteiger partial charge in [0.2, 0.25) is 0 Å². The summed E-state index contributed by atoms with van der Waals surface area (Å²) in [5, 5.41) is 3.84. The molecule has 0 heterocycles. The lowest BCUT2D eigenvalue weighted by Gasteiger charge is -2.20. The third kappa shape index (κ3) is 2.47. The second kappa shape index (κ2) is 4.70. The van der Waals surface area contributed by atoms with Gasteiger partial charge in [0.15, 0.2) is 0 Å². The lowest BCUT2D eigenvalue weighted by Crippen LogP contribution is -2.24. The van der Waals surface area contributed by atoms with E-state index < -0.39 is 0 Å². The molecule has 1 saturated carbocycles. The Hall–Kier alpha value is -0.820. The molecule has 1 fully saturated rings. The smallest absolute Gasteiger partial charge is 0.0323 e. The van der Waals surface area contributed by atoms with Gasteiger partial charge in [0.1, 0.15) is 0 Å². The maximum atomic E-state index is 3.84. The van der Waals surface area contributed by atoms with Crippen LogP contribution in [-0.4, -0.2) is 6.54 Å². The molecule has 0 aliphatic heterocycles. The summed E-state index contributed by atoms with van der Waals surface area (Å²) in [6, 6.07) is 9.62. The van der Waals surface area contributed by atoms with Crippen LogP contribution in [0, 0.1) is 11.3 Å². The van der Waals surface area contributed by atoms with Crippen LogP contribution >= 0.6 is 0 Å². The fourth-order valence-electron chi connectivity index (χ4n) is 3.34. The van der Waals surface area contributed by atoms with Gasteiger partial charge in [-0.25, -0.2) is 0 Å². The van der Waals surface area contributed by atoms with Gasteiger partial charge in [-0.2, -0.15) is 0 Å². The SMILES string of the molecule is CC1(C)CC1CNC1CCCCc2ccccc21. The number of rotatable bonds is 3. The fraction of sp³-hybridized carbons (Fsp3) is 0.647. The molecule has 1 nitrogen and oxygen atoms in total. The van der Waals surface area contributed by atoms with E-state index in [1.165, 1.54) is 38.6 Å². The molecule has 1 heteroatoms. The second-order valence-corrected chi connectivity index (χ2v) is 6.80. The Bertz CT molecular complexity index is 421. The Labute approximate surface area is 111 Å². The van der Waals surface area contributed by atoms with Gasteiger partial charge in [-0.1, -0.05) is 44.5 Å². The number of fused-ring (bicyclic) bond motifs is 1. The van der Waals surface area contributed by atoms with Crippen LogP contribution in [0.5, 0.6) is 0 Å². The first-order chi connectivity index (χ1) is 8.67. The van der Waals surface area contributed by atoms with Gasteiger partial charge in [-0.3, -0.25) is 0 Å². The van der Waals surface area contributed by atoms with Crippen LogP contribution in [0.1, 0.15) is 56.7 Å². The lowest BCUT2D eigenvalue weighted by molar-refractivity contribution is 0.446.